The van der Waals surface area contributed by atoms with Crippen molar-refractivity contribution < 1.29 is 22.7 Å². The van der Waals surface area contributed by atoms with Crippen LogP contribution < -0.4 is 25.0 Å². The predicted octanol–water partition coefficient (Wildman–Crippen LogP) is 3.59. The van der Waals surface area contributed by atoms with Crippen molar-refractivity contribution in [3.05, 3.63) is 53.7 Å². The first-order valence-electron chi connectivity index (χ1n) is 11.5. The Morgan fingerprint density at radius 2 is 1.82 bits per heavy atom. The summed E-state index contributed by atoms with van der Waals surface area (Å²) in [4.78, 5) is 34.0. The van der Waals surface area contributed by atoms with Gasteiger partial charge in [0.05, 0.1) is 16.8 Å². The predicted molar refractivity (Wildman–Crippen MR) is 146 cm³/mol. The summed E-state index contributed by atoms with van der Waals surface area (Å²) < 4.78 is 32.1. The molecule has 3 aromatic rings. The average molecular weight is 568 g/mol. The van der Waals surface area contributed by atoms with E-state index >= 15 is 0 Å². The molecule has 3 N–H and O–H groups in total. The van der Waals surface area contributed by atoms with Crippen LogP contribution in [0.3, 0.4) is 0 Å². The van der Waals surface area contributed by atoms with Crippen molar-refractivity contribution in [1.82, 2.24) is 14.7 Å². The molecule has 0 fully saturated rings. The molecule has 2 aromatic carbocycles. The Morgan fingerprint density at radius 1 is 1.11 bits per heavy atom. The van der Waals surface area contributed by atoms with E-state index in [-0.39, 0.29) is 64.4 Å². The second kappa shape index (κ2) is 12.8. The van der Waals surface area contributed by atoms with Crippen LogP contribution in [0.2, 0.25) is 5.02 Å². The molecule has 1 radical (unpaired) electrons. The standard InChI is InChI=1S/C24H25ClN6O5S.Na/c1-3-11-31-19-12-16(7-10-20(19)36-14-22(31)33)27-23-18(25)13-26-24(29-23)28-15-5-8-17(9-6-15)37(34,35)30-21(32)4-2;/h5-10,12-13H,3-4,11,14H2,1-2H3,(H,30,32)(H2,26,27,28,29);. The third-order valence-electron chi connectivity index (χ3n) is 5.35. The smallest absolute Gasteiger partial charge is 0.265 e. The molecule has 0 saturated carbocycles. The maximum absolute atomic E-state index is 12.3. The molecule has 2 heterocycles. The van der Waals surface area contributed by atoms with E-state index in [0.717, 1.165) is 6.42 Å². The van der Waals surface area contributed by atoms with Gasteiger partial charge in [-0.1, -0.05) is 25.4 Å². The summed E-state index contributed by atoms with van der Waals surface area (Å²) in [5.41, 5.74) is 1.83. The Balaban J connectivity index is 0.00000400. The molecule has 195 valence electrons. The molecule has 0 atom stereocenters. The first kappa shape index (κ1) is 29.7. The van der Waals surface area contributed by atoms with Crippen LogP contribution in [0.5, 0.6) is 5.75 Å². The number of ether oxygens (including phenoxy) is 1. The number of carbonyl (C=O) groups is 2. The molecule has 1 aliphatic rings. The normalized spacial score (nSPS) is 12.6. The van der Waals surface area contributed by atoms with Gasteiger partial charge in [0.15, 0.2) is 12.4 Å². The van der Waals surface area contributed by atoms with Gasteiger partial charge in [0.2, 0.25) is 11.9 Å². The van der Waals surface area contributed by atoms with E-state index in [2.05, 4.69) is 20.6 Å². The van der Waals surface area contributed by atoms with Gasteiger partial charge < -0.3 is 20.3 Å². The molecule has 0 aliphatic carbocycles. The number of fused-ring (bicyclic) bond motifs is 1. The van der Waals surface area contributed by atoms with E-state index in [4.69, 9.17) is 16.3 Å². The first-order valence-corrected chi connectivity index (χ1v) is 13.4. The average Bonchev–Trinajstić information content (AvgIpc) is 2.88. The van der Waals surface area contributed by atoms with Gasteiger partial charge in [-0.3, -0.25) is 9.59 Å². The van der Waals surface area contributed by atoms with Crippen LogP contribution >= 0.6 is 11.6 Å². The molecule has 0 bridgehead atoms. The number of halogens is 1. The fraction of sp³-hybridized carbons (Fsp3) is 0.250. The Labute approximate surface area is 247 Å². The molecule has 1 aromatic heterocycles. The number of rotatable bonds is 9. The minimum atomic E-state index is -3.95. The van der Waals surface area contributed by atoms with Gasteiger partial charge in [0, 0.05) is 53.9 Å². The molecule has 0 saturated heterocycles. The number of nitrogens with one attached hydrogen (secondary N) is 3. The molecule has 14 heteroatoms. The summed E-state index contributed by atoms with van der Waals surface area (Å²) >= 11 is 6.31. The van der Waals surface area contributed by atoms with E-state index in [1.807, 2.05) is 11.6 Å². The van der Waals surface area contributed by atoms with E-state index in [1.54, 1.807) is 30.0 Å². The van der Waals surface area contributed by atoms with E-state index in [0.29, 0.717) is 35.2 Å². The van der Waals surface area contributed by atoms with Crippen LogP contribution in [-0.4, -0.2) is 72.9 Å². The zero-order valence-electron chi connectivity index (χ0n) is 21.1. The third-order valence-corrected chi connectivity index (χ3v) is 7.01. The van der Waals surface area contributed by atoms with Crippen molar-refractivity contribution in [3.63, 3.8) is 0 Å². The maximum atomic E-state index is 12.3. The number of nitrogens with zero attached hydrogens (tertiary/aromatic N) is 3. The minimum Gasteiger partial charge on any atom is -0.482 e. The van der Waals surface area contributed by atoms with E-state index < -0.39 is 15.9 Å². The molecule has 38 heavy (non-hydrogen) atoms. The third kappa shape index (κ3) is 6.94. The number of hydrogen-bond acceptors (Lipinski definition) is 9. The van der Waals surface area contributed by atoms with Crippen molar-refractivity contribution in [2.24, 2.45) is 0 Å². The van der Waals surface area contributed by atoms with E-state index in [1.165, 1.54) is 30.5 Å². The van der Waals surface area contributed by atoms with Crippen molar-refractivity contribution in [2.45, 2.75) is 31.6 Å². The molecule has 0 unspecified atom stereocenters. The van der Waals surface area contributed by atoms with Gasteiger partial charge in [0.1, 0.15) is 10.8 Å². The van der Waals surface area contributed by atoms with Gasteiger partial charge in [-0.25, -0.2) is 18.1 Å². The Kier molecular flexibility index (Phi) is 9.96. The van der Waals surface area contributed by atoms with Crippen molar-refractivity contribution in [3.8, 4) is 5.75 Å². The van der Waals surface area contributed by atoms with Crippen LogP contribution in [0.1, 0.15) is 26.7 Å². The first-order chi connectivity index (χ1) is 17.7. The second-order valence-electron chi connectivity index (χ2n) is 8.06. The Morgan fingerprint density at radius 3 is 2.50 bits per heavy atom. The maximum Gasteiger partial charge on any atom is 0.265 e. The fourth-order valence-corrected chi connectivity index (χ4v) is 4.72. The van der Waals surface area contributed by atoms with Crippen LogP contribution in [0.15, 0.2) is 53.6 Å². The molecule has 11 nitrogen and oxygen atoms in total. The number of sulfonamides is 1. The van der Waals surface area contributed by atoms with Gasteiger partial charge in [-0.2, -0.15) is 4.98 Å². The summed E-state index contributed by atoms with van der Waals surface area (Å²) in [6, 6.07) is 11.1. The second-order valence-corrected chi connectivity index (χ2v) is 10.2. The molecular weight excluding hydrogens is 543 g/mol. The number of benzene rings is 2. The quantitative estimate of drug-likeness (QED) is 0.330. The van der Waals surface area contributed by atoms with Crippen LogP contribution in [0.25, 0.3) is 0 Å². The Bertz CT molecular complexity index is 1440. The van der Waals surface area contributed by atoms with Crippen molar-refractivity contribution >= 4 is 91.8 Å². The van der Waals surface area contributed by atoms with Gasteiger partial charge in [-0.15, -0.1) is 0 Å². The van der Waals surface area contributed by atoms with E-state index in [9.17, 15) is 18.0 Å². The largest absolute Gasteiger partial charge is 0.482 e. The molecule has 1 aliphatic heterocycles. The molecular formula is C24H25ClN6NaO5S. The zero-order valence-corrected chi connectivity index (χ0v) is 24.7. The van der Waals surface area contributed by atoms with Gasteiger partial charge in [0.25, 0.3) is 15.9 Å². The fourth-order valence-electron chi connectivity index (χ4n) is 3.53. The number of hydrogen-bond donors (Lipinski definition) is 3. The monoisotopic (exact) mass is 567 g/mol. The molecule has 2 amide bonds. The summed E-state index contributed by atoms with van der Waals surface area (Å²) in [5, 5.41) is 6.41. The SMILES string of the molecule is CCCN1C(=O)COc2ccc(Nc3nc(Nc4ccc(S(=O)(=O)NC(=O)CC)cc4)ncc3Cl)cc21.[Na]. The number of carbonyl (C=O) groups excluding carboxylic acids is 2. The number of aromatic nitrogens is 2. The summed E-state index contributed by atoms with van der Waals surface area (Å²) in [6.07, 6.45) is 2.28. The van der Waals surface area contributed by atoms with Crippen molar-refractivity contribution in [2.75, 3.05) is 28.7 Å². The zero-order chi connectivity index (χ0) is 26.6. The summed E-state index contributed by atoms with van der Waals surface area (Å²) in [5.74, 6) is 0.462. The summed E-state index contributed by atoms with van der Waals surface area (Å²) in [7, 11) is -3.95. The topological polar surface area (TPSA) is 143 Å². The summed E-state index contributed by atoms with van der Waals surface area (Å²) in [6.45, 7) is 4.14. The van der Waals surface area contributed by atoms with Gasteiger partial charge >= 0.3 is 0 Å². The number of anilines is 5. The number of amides is 2. The van der Waals surface area contributed by atoms with Crippen LogP contribution in [0.4, 0.5) is 28.8 Å². The minimum absolute atomic E-state index is 0. The van der Waals surface area contributed by atoms with Gasteiger partial charge in [-0.05, 0) is 48.9 Å². The Hall–Kier alpha value is -2.90. The van der Waals surface area contributed by atoms with Crippen LogP contribution in [0, 0.1) is 0 Å². The van der Waals surface area contributed by atoms with Crippen molar-refractivity contribution in [1.29, 1.82) is 0 Å². The van der Waals surface area contributed by atoms with Crippen LogP contribution in [-0.2, 0) is 19.6 Å². The molecule has 4 rings (SSSR count). The molecule has 0 spiro atoms.